The van der Waals surface area contributed by atoms with Gasteiger partial charge in [0, 0.05) is 18.7 Å². The number of ether oxygens (including phenoxy) is 1. The molecule has 1 fully saturated rings. The van der Waals surface area contributed by atoms with Crippen molar-refractivity contribution >= 4 is 21.8 Å². The standard InChI is InChI=1S/C18H26BrNO2/c1-12(2)13-7-9-16(10-8-13)20-18(21)15-6-4-5-14(11-15)17(19)22-3/h4-6,11-13,16-17H,7-10H2,1-3H3,(H,20,21). The molecule has 1 saturated carbocycles. The number of nitrogens with one attached hydrogen (secondary N) is 1. The molecule has 22 heavy (non-hydrogen) atoms. The maximum atomic E-state index is 12.4. The smallest absolute Gasteiger partial charge is 0.251 e. The monoisotopic (exact) mass is 367 g/mol. The van der Waals surface area contributed by atoms with Crippen LogP contribution in [0.4, 0.5) is 0 Å². The van der Waals surface area contributed by atoms with Gasteiger partial charge in [-0.2, -0.15) is 0 Å². The molecule has 0 saturated heterocycles. The lowest BCUT2D eigenvalue weighted by Crippen LogP contribution is -2.38. The quantitative estimate of drug-likeness (QED) is 0.767. The summed E-state index contributed by atoms with van der Waals surface area (Å²) in [5, 5.41) is 3.00. The average Bonchev–Trinajstić information content (AvgIpc) is 2.54. The summed E-state index contributed by atoms with van der Waals surface area (Å²) in [4.78, 5) is 12.4. The highest BCUT2D eigenvalue weighted by atomic mass is 79.9. The molecule has 3 nitrogen and oxygen atoms in total. The second-order valence-electron chi connectivity index (χ2n) is 6.51. The van der Waals surface area contributed by atoms with Crippen LogP contribution >= 0.6 is 15.9 Å². The second-order valence-corrected chi connectivity index (χ2v) is 7.34. The molecule has 0 aliphatic heterocycles. The first kappa shape index (κ1) is 17.5. The minimum absolute atomic E-state index is 0.0191. The topological polar surface area (TPSA) is 38.3 Å². The maximum absolute atomic E-state index is 12.4. The Balaban J connectivity index is 1.93. The minimum atomic E-state index is -0.179. The number of carbonyl (C=O) groups is 1. The molecule has 0 spiro atoms. The molecular weight excluding hydrogens is 342 g/mol. The normalized spacial score (nSPS) is 23.3. The number of methoxy groups -OCH3 is 1. The molecule has 1 aromatic carbocycles. The van der Waals surface area contributed by atoms with E-state index in [9.17, 15) is 4.79 Å². The molecule has 0 heterocycles. The van der Waals surface area contributed by atoms with Crippen molar-refractivity contribution < 1.29 is 9.53 Å². The lowest BCUT2D eigenvalue weighted by atomic mass is 9.79. The average molecular weight is 368 g/mol. The molecule has 1 aliphatic rings. The lowest BCUT2D eigenvalue weighted by Gasteiger charge is -2.31. The van der Waals surface area contributed by atoms with Gasteiger partial charge in [-0.15, -0.1) is 0 Å². The number of benzene rings is 1. The van der Waals surface area contributed by atoms with Crippen LogP contribution in [0.25, 0.3) is 0 Å². The van der Waals surface area contributed by atoms with Crippen LogP contribution in [-0.4, -0.2) is 19.1 Å². The van der Waals surface area contributed by atoms with Crippen molar-refractivity contribution in [3.05, 3.63) is 35.4 Å². The molecule has 1 aliphatic carbocycles. The van der Waals surface area contributed by atoms with E-state index < -0.39 is 0 Å². The van der Waals surface area contributed by atoms with E-state index in [2.05, 4.69) is 35.1 Å². The van der Waals surface area contributed by atoms with Crippen LogP contribution in [0.2, 0.25) is 0 Å². The van der Waals surface area contributed by atoms with E-state index in [-0.39, 0.29) is 10.9 Å². The highest BCUT2D eigenvalue weighted by molar-refractivity contribution is 9.09. The molecule has 1 unspecified atom stereocenters. The molecule has 0 radical (unpaired) electrons. The highest BCUT2D eigenvalue weighted by Crippen LogP contribution is 2.30. The number of hydrogen-bond acceptors (Lipinski definition) is 2. The predicted octanol–water partition coefficient (Wildman–Crippen LogP) is 4.67. The van der Waals surface area contributed by atoms with Crippen LogP contribution in [0, 0.1) is 11.8 Å². The zero-order valence-corrected chi connectivity index (χ0v) is 15.2. The molecule has 122 valence electrons. The van der Waals surface area contributed by atoms with Gasteiger partial charge >= 0.3 is 0 Å². The number of amides is 1. The molecular formula is C18H26BrNO2. The first-order valence-electron chi connectivity index (χ1n) is 8.09. The van der Waals surface area contributed by atoms with E-state index >= 15 is 0 Å². The van der Waals surface area contributed by atoms with Crippen LogP contribution in [0.1, 0.15) is 60.5 Å². The van der Waals surface area contributed by atoms with E-state index in [1.54, 1.807) is 7.11 Å². The van der Waals surface area contributed by atoms with Crippen molar-refractivity contribution in [2.24, 2.45) is 11.8 Å². The highest BCUT2D eigenvalue weighted by Gasteiger charge is 2.24. The fourth-order valence-electron chi connectivity index (χ4n) is 3.16. The van der Waals surface area contributed by atoms with Crippen molar-refractivity contribution in [1.29, 1.82) is 0 Å². The van der Waals surface area contributed by atoms with Gasteiger partial charge in [-0.1, -0.05) is 41.9 Å². The van der Waals surface area contributed by atoms with Crippen LogP contribution in [0.3, 0.4) is 0 Å². The zero-order chi connectivity index (χ0) is 16.1. The second kappa shape index (κ2) is 8.11. The first-order valence-corrected chi connectivity index (χ1v) is 9.00. The van der Waals surface area contributed by atoms with Gasteiger partial charge in [0.2, 0.25) is 0 Å². The summed E-state index contributed by atoms with van der Waals surface area (Å²) >= 11 is 3.43. The summed E-state index contributed by atoms with van der Waals surface area (Å²) in [5.74, 6) is 1.58. The number of rotatable bonds is 5. The number of carbonyl (C=O) groups excluding carboxylic acids is 1. The summed E-state index contributed by atoms with van der Waals surface area (Å²) in [6.45, 7) is 4.59. The summed E-state index contributed by atoms with van der Waals surface area (Å²) < 4.78 is 5.24. The summed E-state index contributed by atoms with van der Waals surface area (Å²) in [5.41, 5.74) is 1.66. The zero-order valence-electron chi connectivity index (χ0n) is 13.6. The van der Waals surface area contributed by atoms with Gasteiger partial charge in [-0.25, -0.2) is 0 Å². The van der Waals surface area contributed by atoms with E-state index in [4.69, 9.17) is 4.74 Å². The SMILES string of the molecule is COC(Br)c1cccc(C(=O)NC2CCC(C(C)C)CC2)c1. The van der Waals surface area contributed by atoms with E-state index in [0.29, 0.717) is 11.6 Å². The van der Waals surface area contributed by atoms with Crippen molar-refractivity contribution in [3.63, 3.8) is 0 Å². The van der Waals surface area contributed by atoms with Gasteiger partial charge in [0.05, 0.1) is 0 Å². The third-order valence-electron chi connectivity index (χ3n) is 4.67. The van der Waals surface area contributed by atoms with Crippen LogP contribution in [-0.2, 0) is 4.74 Å². The fourth-order valence-corrected chi connectivity index (χ4v) is 3.44. The summed E-state index contributed by atoms with van der Waals surface area (Å²) in [7, 11) is 1.64. The Labute approximate surface area is 141 Å². The first-order chi connectivity index (χ1) is 10.5. The van der Waals surface area contributed by atoms with Gasteiger partial charge in [0.15, 0.2) is 0 Å². The molecule has 0 aromatic heterocycles. The molecule has 1 atom stereocenters. The van der Waals surface area contributed by atoms with Crippen molar-refractivity contribution in [1.82, 2.24) is 5.32 Å². The third-order valence-corrected chi connectivity index (χ3v) is 5.57. The third kappa shape index (κ3) is 4.56. The summed E-state index contributed by atoms with van der Waals surface area (Å²) in [6, 6.07) is 7.90. The van der Waals surface area contributed by atoms with Gasteiger partial charge in [-0.05, 0) is 55.2 Å². The van der Waals surface area contributed by atoms with E-state index in [1.165, 1.54) is 12.8 Å². The molecule has 4 heteroatoms. The Hall–Kier alpha value is -0.870. The predicted molar refractivity (Wildman–Crippen MR) is 93.2 cm³/mol. The summed E-state index contributed by atoms with van der Waals surface area (Å²) in [6.07, 6.45) is 4.62. The van der Waals surface area contributed by atoms with Gasteiger partial charge in [0.1, 0.15) is 5.01 Å². The fraction of sp³-hybridized carbons (Fsp3) is 0.611. The Morgan fingerprint density at radius 1 is 1.27 bits per heavy atom. The van der Waals surface area contributed by atoms with Gasteiger partial charge in [-0.3, -0.25) is 4.79 Å². The number of alkyl halides is 1. The molecule has 1 amide bonds. The van der Waals surface area contributed by atoms with Crippen LogP contribution in [0.5, 0.6) is 0 Å². The van der Waals surface area contributed by atoms with E-state index in [1.807, 2.05) is 24.3 Å². The molecule has 0 bridgehead atoms. The Kier molecular flexibility index (Phi) is 6.45. The minimum Gasteiger partial charge on any atom is -0.365 e. The molecule has 1 N–H and O–H groups in total. The number of hydrogen-bond donors (Lipinski definition) is 1. The Morgan fingerprint density at radius 2 is 1.95 bits per heavy atom. The van der Waals surface area contributed by atoms with Crippen LogP contribution in [0.15, 0.2) is 24.3 Å². The van der Waals surface area contributed by atoms with Crippen molar-refractivity contribution in [2.75, 3.05) is 7.11 Å². The molecule has 2 rings (SSSR count). The lowest BCUT2D eigenvalue weighted by molar-refractivity contribution is 0.0917. The van der Waals surface area contributed by atoms with Crippen molar-refractivity contribution in [3.8, 4) is 0 Å². The number of halogens is 1. The largest absolute Gasteiger partial charge is 0.365 e. The maximum Gasteiger partial charge on any atom is 0.251 e. The van der Waals surface area contributed by atoms with Gasteiger partial charge in [0.25, 0.3) is 5.91 Å². The Bertz CT molecular complexity index is 496. The Morgan fingerprint density at radius 3 is 2.55 bits per heavy atom. The van der Waals surface area contributed by atoms with Crippen molar-refractivity contribution in [2.45, 2.75) is 50.6 Å². The van der Waals surface area contributed by atoms with Gasteiger partial charge < -0.3 is 10.1 Å². The van der Waals surface area contributed by atoms with E-state index in [0.717, 1.165) is 30.2 Å². The molecule has 1 aromatic rings. The van der Waals surface area contributed by atoms with Crippen LogP contribution < -0.4 is 5.32 Å².